The molecule has 0 rings (SSSR count). The zero-order valence-corrected chi connectivity index (χ0v) is 13.8. The van der Waals surface area contributed by atoms with Gasteiger partial charge in [-0.25, -0.2) is 0 Å². The summed E-state index contributed by atoms with van der Waals surface area (Å²) in [5.41, 5.74) is 9.88. The second kappa shape index (κ2) is 7.02. The smallest absolute Gasteiger partial charge is 0.265 e. The van der Waals surface area contributed by atoms with Crippen LogP contribution in [0, 0.1) is 0 Å². The number of hydrazine groups is 1. The molecule has 6 nitrogen and oxygen atoms in total. The highest BCUT2D eigenvalue weighted by atomic mass is 28.4. The van der Waals surface area contributed by atoms with Gasteiger partial charge in [0.15, 0.2) is 8.32 Å². The zero-order chi connectivity index (χ0) is 15.3. The van der Waals surface area contributed by atoms with E-state index in [4.69, 9.17) is 10.2 Å². The van der Waals surface area contributed by atoms with Crippen molar-refractivity contribution in [2.45, 2.75) is 58.4 Å². The molecular formula is C12H27N3O3Si. The zero-order valence-electron chi connectivity index (χ0n) is 12.8. The molecule has 0 aliphatic rings. The van der Waals surface area contributed by atoms with Crippen LogP contribution < -0.4 is 16.6 Å². The van der Waals surface area contributed by atoms with Crippen LogP contribution in [0.2, 0.25) is 18.1 Å². The second-order valence-electron chi connectivity index (χ2n) is 6.10. The molecule has 0 bridgehead atoms. The van der Waals surface area contributed by atoms with Crippen LogP contribution in [-0.2, 0) is 14.0 Å². The highest BCUT2D eigenvalue weighted by Crippen LogP contribution is 2.37. The maximum Gasteiger partial charge on any atom is 0.265 e. The van der Waals surface area contributed by atoms with Gasteiger partial charge in [-0.05, 0) is 25.1 Å². The minimum absolute atomic E-state index is 0.0321. The molecule has 1 atom stereocenters. The Kier molecular flexibility index (Phi) is 6.68. The molecule has 19 heavy (non-hydrogen) atoms. The van der Waals surface area contributed by atoms with Gasteiger partial charge in [-0.3, -0.25) is 20.4 Å². The molecule has 112 valence electrons. The van der Waals surface area contributed by atoms with Crippen molar-refractivity contribution in [3.8, 4) is 0 Å². The van der Waals surface area contributed by atoms with Gasteiger partial charge < -0.3 is 10.2 Å². The van der Waals surface area contributed by atoms with E-state index in [0.29, 0.717) is 0 Å². The van der Waals surface area contributed by atoms with Gasteiger partial charge in [0.05, 0.1) is 0 Å². The SMILES string of the molecule is CC(O[Si](C)(C)C(C)(C)C)C(=O)NNC(=O)CCN. The summed E-state index contributed by atoms with van der Waals surface area (Å²) in [6.45, 7) is 12.4. The minimum Gasteiger partial charge on any atom is -0.405 e. The number of carbonyl (C=O) groups is 2. The monoisotopic (exact) mass is 289 g/mol. The summed E-state index contributed by atoms with van der Waals surface area (Å²) in [6.07, 6.45) is -0.420. The third-order valence-corrected chi connectivity index (χ3v) is 7.90. The van der Waals surface area contributed by atoms with Crippen molar-refractivity contribution in [1.29, 1.82) is 0 Å². The lowest BCUT2D eigenvalue weighted by Gasteiger charge is -2.37. The number of amides is 2. The van der Waals surface area contributed by atoms with E-state index in [1.54, 1.807) is 6.92 Å². The normalized spacial score (nSPS) is 13.8. The fourth-order valence-electron chi connectivity index (χ4n) is 1.10. The summed E-state index contributed by atoms with van der Waals surface area (Å²) < 4.78 is 5.91. The first-order chi connectivity index (χ1) is 8.51. The molecule has 0 aromatic heterocycles. The number of nitrogens with two attached hydrogens (primary N) is 1. The van der Waals surface area contributed by atoms with E-state index in [9.17, 15) is 9.59 Å². The molecule has 0 spiro atoms. The van der Waals surface area contributed by atoms with Gasteiger partial charge in [0, 0.05) is 13.0 Å². The Labute approximate surface area is 116 Å². The van der Waals surface area contributed by atoms with Crippen LogP contribution in [0.4, 0.5) is 0 Å². The second-order valence-corrected chi connectivity index (χ2v) is 10.9. The summed E-state index contributed by atoms with van der Waals surface area (Å²) in [7, 11) is -2.00. The van der Waals surface area contributed by atoms with Crippen LogP contribution in [-0.4, -0.2) is 32.8 Å². The number of nitrogens with one attached hydrogen (secondary N) is 2. The van der Waals surface area contributed by atoms with Crippen molar-refractivity contribution < 1.29 is 14.0 Å². The lowest BCUT2D eigenvalue weighted by atomic mass is 10.2. The molecule has 0 radical (unpaired) electrons. The molecule has 0 heterocycles. The standard InChI is InChI=1S/C12H27N3O3Si/c1-9(18-19(5,6)12(2,3)4)11(17)15-14-10(16)7-8-13/h9H,7-8,13H2,1-6H3,(H,14,16)(H,15,17). The molecule has 0 aliphatic heterocycles. The summed E-state index contributed by atoms with van der Waals surface area (Å²) in [4.78, 5) is 23.0. The molecule has 0 saturated heterocycles. The Morgan fingerprint density at radius 2 is 1.79 bits per heavy atom. The van der Waals surface area contributed by atoms with Gasteiger partial charge in [-0.15, -0.1) is 0 Å². The fraction of sp³-hybridized carbons (Fsp3) is 0.833. The molecule has 2 amide bonds. The molecule has 0 fully saturated rings. The third kappa shape index (κ3) is 6.17. The number of hydrogen-bond acceptors (Lipinski definition) is 4. The molecule has 7 heteroatoms. The quantitative estimate of drug-likeness (QED) is 0.517. The molecule has 4 N–H and O–H groups in total. The summed E-state index contributed by atoms with van der Waals surface area (Å²) in [5, 5.41) is 0.0321. The van der Waals surface area contributed by atoms with Crippen molar-refractivity contribution >= 4 is 20.1 Å². The first-order valence-corrected chi connectivity index (χ1v) is 9.38. The maximum atomic E-state index is 11.8. The van der Waals surface area contributed by atoms with Gasteiger partial charge in [0.2, 0.25) is 5.91 Å². The van der Waals surface area contributed by atoms with Crippen molar-refractivity contribution in [3.05, 3.63) is 0 Å². The van der Waals surface area contributed by atoms with Gasteiger partial charge in [0.1, 0.15) is 6.10 Å². The van der Waals surface area contributed by atoms with Gasteiger partial charge >= 0.3 is 0 Å². The van der Waals surface area contributed by atoms with Crippen molar-refractivity contribution in [2.24, 2.45) is 5.73 Å². The average Bonchev–Trinajstić information content (AvgIpc) is 2.24. The lowest BCUT2D eigenvalue weighted by molar-refractivity contribution is -0.133. The van der Waals surface area contributed by atoms with Crippen LogP contribution in [0.25, 0.3) is 0 Å². The molecule has 0 aromatic carbocycles. The van der Waals surface area contributed by atoms with Gasteiger partial charge in [0.25, 0.3) is 5.91 Å². The fourth-order valence-corrected chi connectivity index (χ4v) is 2.44. The summed E-state index contributed by atoms with van der Waals surface area (Å²) >= 11 is 0. The van der Waals surface area contributed by atoms with Crippen molar-refractivity contribution in [1.82, 2.24) is 10.9 Å². The summed E-state index contributed by atoms with van der Waals surface area (Å²) in [6, 6.07) is 0. The van der Waals surface area contributed by atoms with E-state index in [2.05, 4.69) is 44.7 Å². The van der Waals surface area contributed by atoms with E-state index < -0.39 is 14.4 Å². The third-order valence-electron chi connectivity index (χ3n) is 3.34. The molecule has 1 unspecified atom stereocenters. The van der Waals surface area contributed by atoms with Gasteiger partial charge in [-0.1, -0.05) is 20.8 Å². The van der Waals surface area contributed by atoms with Crippen LogP contribution in [0.1, 0.15) is 34.1 Å². The lowest BCUT2D eigenvalue weighted by Crippen LogP contribution is -2.51. The maximum absolute atomic E-state index is 11.8. The van der Waals surface area contributed by atoms with E-state index in [0.717, 1.165) is 0 Å². The van der Waals surface area contributed by atoms with Crippen molar-refractivity contribution in [3.63, 3.8) is 0 Å². The number of carbonyl (C=O) groups excluding carboxylic acids is 2. The first-order valence-electron chi connectivity index (χ1n) is 6.48. The Morgan fingerprint density at radius 1 is 1.26 bits per heavy atom. The Bertz CT molecular complexity index is 327. The number of rotatable bonds is 5. The van der Waals surface area contributed by atoms with E-state index >= 15 is 0 Å². The van der Waals surface area contributed by atoms with Crippen LogP contribution in [0.15, 0.2) is 0 Å². The molecule has 0 saturated carbocycles. The Morgan fingerprint density at radius 3 is 2.21 bits per heavy atom. The highest BCUT2D eigenvalue weighted by molar-refractivity contribution is 6.74. The Hall–Kier alpha value is -0.923. The van der Waals surface area contributed by atoms with Crippen LogP contribution >= 0.6 is 0 Å². The predicted molar refractivity (Wildman–Crippen MR) is 77.7 cm³/mol. The molecule has 0 aromatic rings. The average molecular weight is 289 g/mol. The topological polar surface area (TPSA) is 93.5 Å². The summed E-state index contributed by atoms with van der Waals surface area (Å²) in [5.74, 6) is -0.662. The number of hydrogen-bond donors (Lipinski definition) is 3. The molecule has 0 aliphatic carbocycles. The van der Waals surface area contributed by atoms with Gasteiger partial charge in [-0.2, -0.15) is 0 Å². The van der Waals surface area contributed by atoms with E-state index in [-0.39, 0.29) is 29.8 Å². The predicted octanol–water partition coefficient (Wildman–Crippen LogP) is 0.893. The Balaban J connectivity index is 4.32. The molecular weight excluding hydrogens is 262 g/mol. The van der Waals surface area contributed by atoms with Crippen LogP contribution in [0.3, 0.4) is 0 Å². The van der Waals surface area contributed by atoms with Crippen molar-refractivity contribution in [2.75, 3.05) is 6.54 Å². The first kappa shape index (κ1) is 18.1. The largest absolute Gasteiger partial charge is 0.405 e. The van der Waals surface area contributed by atoms with E-state index in [1.807, 2.05) is 0 Å². The van der Waals surface area contributed by atoms with E-state index in [1.165, 1.54) is 0 Å². The minimum atomic E-state index is -2.00. The highest BCUT2D eigenvalue weighted by Gasteiger charge is 2.39. The van der Waals surface area contributed by atoms with Crippen LogP contribution in [0.5, 0.6) is 0 Å².